The molecule has 1 atom stereocenters. The fourth-order valence-electron chi connectivity index (χ4n) is 1.59. The number of nitriles is 1. The second-order valence-corrected chi connectivity index (χ2v) is 5.51. The fourth-order valence-corrected chi connectivity index (χ4v) is 2.14. The fraction of sp³-hybridized carbons (Fsp3) is 0.462. The molecule has 0 saturated heterocycles. The summed E-state index contributed by atoms with van der Waals surface area (Å²) in [5.74, 6) is 1.32. The molecule has 18 heavy (non-hydrogen) atoms. The third-order valence-corrected chi connectivity index (χ3v) is 3.36. The van der Waals surface area contributed by atoms with Crippen molar-refractivity contribution in [2.45, 2.75) is 13.0 Å². The summed E-state index contributed by atoms with van der Waals surface area (Å²) in [4.78, 5) is 0. The van der Waals surface area contributed by atoms with Crippen LogP contribution in [-0.2, 0) is 17.3 Å². The zero-order chi connectivity index (χ0) is 13.4. The van der Waals surface area contributed by atoms with Crippen molar-refractivity contribution >= 4 is 10.8 Å². The monoisotopic (exact) mass is 266 g/mol. The first kappa shape index (κ1) is 14.7. The van der Waals surface area contributed by atoms with E-state index in [0.29, 0.717) is 17.9 Å². The third-order valence-electron chi connectivity index (χ3n) is 2.50. The zero-order valence-electron chi connectivity index (χ0n) is 10.7. The van der Waals surface area contributed by atoms with Gasteiger partial charge in [-0.3, -0.25) is 4.21 Å². The van der Waals surface area contributed by atoms with E-state index in [1.807, 2.05) is 12.1 Å². The molecule has 4 nitrogen and oxygen atoms in total. The van der Waals surface area contributed by atoms with E-state index in [0.717, 1.165) is 24.3 Å². The molecule has 1 aromatic carbocycles. The van der Waals surface area contributed by atoms with E-state index >= 15 is 0 Å². The smallest absolute Gasteiger partial charge is 0.136 e. The van der Waals surface area contributed by atoms with Gasteiger partial charge in [0.25, 0.3) is 0 Å². The van der Waals surface area contributed by atoms with E-state index in [2.05, 4.69) is 11.4 Å². The van der Waals surface area contributed by atoms with Crippen molar-refractivity contribution in [2.75, 3.05) is 25.7 Å². The number of nitrogens with zero attached hydrogens (tertiary/aromatic N) is 1. The molecule has 0 radical (unpaired) electrons. The second-order valence-electron chi connectivity index (χ2n) is 3.95. The molecule has 98 valence electrons. The van der Waals surface area contributed by atoms with E-state index < -0.39 is 10.8 Å². The van der Waals surface area contributed by atoms with Gasteiger partial charge in [-0.15, -0.1) is 0 Å². The van der Waals surface area contributed by atoms with Gasteiger partial charge in [-0.05, 0) is 30.7 Å². The van der Waals surface area contributed by atoms with Gasteiger partial charge in [-0.2, -0.15) is 5.26 Å². The predicted octanol–water partition coefficient (Wildman–Crippen LogP) is 1.43. The zero-order valence-corrected chi connectivity index (χ0v) is 11.5. The molecule has 1 unspecified atom stereocenters. The van der Waals surface area contributed by atoms with Crippen molar-refractivity contribution in [1.29, 1.82) is 5.26 Å². The van der Waals surface area contributed by atoms with Crippen molar-refractivity contribution in [3.05, 3.63) is 29.3 Å². The van der Waals surface area contributed by atoms with Crippen molar-refractivity contribution in [3.8, 4) is 11.8 Å². The first-order chi connectivity index (χ1) is 8.67. The quantitative estimate of drug-likeness (QED) is 0.758. The Hall–Kier alpha value is -1.38. The Kier molecular flexibility index (Phi) is 6.40. The van der Waals surface area contributed by atoms with E-state index in [9.17, 15) is 4.21 Å². The number of ether oxygens (including phenoxy) is 1. The summed E-state index contributed by atoms with van der Waals surface area (Å²) in [7, 11) is 0.832. The number of rotatable bonds is 7. The van der Waals surface area contributed by atoms with E-state index in [4.69, 9.17) is 10.00 Å². The predicted molar refractivity (Wildman–Crippen MR) is 73.0 cm³/mol. The third kappa shape index (κ3) is 4.86. The Bertz CT molecular complexity index is 455. The topological polar surface area (TPSA) is 62.1 Å². The number of methoxy groups -OCH3 is 1. The van der Waals surface area contributed by atoms with Gasteiger partial charge >= 0.3 is 0 Å². The van der Waals surface area contributed by atoms with Crippen LogP contribution in [0.25, 0.3) is 0 Å². The summed E-state index contributed by atoms with van der Waals surface area (Å²) in [6, 6.07) is 7.67. The molecular formula is C13H18N2O2S. The summed E-state index contributed by atoms with van der Waals surface area (Å²) < 4.78 is 15.9. The summed E-state index contributed by atoms with van der Waals surface area (Å²) in [6.07, 6.45) is 2.60. The van der Waals surface area contributed by atoms with Crippen LogP contribution in [0.2, 0.25) is 0 Å². The molecule has 0 spiro atoms. The van der Waals surface area contributed by atoms with Crippen LogP contribution in [-0.4, -0.2) is 29.9 Å². The molecule has 0 aliphatic rings. The number of hydrogen-bond donors (Lipinski definition) is 1. The van der Waals surface area contributed by atoms with Gasteiger partial charge in [0.2, 0.25) is 0 Å². The van der Waals surface area contributed by atoms with Crippen LogP contribution < -0.4 is 10.1 Å². The number of nitrogens with one attached hydrogen (secondary N) is 1. The van der Waals surface area contributed by atoms with E-state index in [-0.39, 0.29) is 0 Å². The molecule has 0 aliphatic carbocycles. The van der Waals surface area contributed by atoms with Gasteiger partial charge in [-0.25, -0.2) is 0 Å². The minimum absolute atomic E-state index is 0.548. The minimum Gasteiger partial charge on any atom is -0.495 e. The Morgan fingerprint density at radius 1 is 1.50 bits per heavy atom. The summed E-state index contributed by atoms with van der Waals surface area (Å²) in [5.41, 5.74) is 1.59. The Morgan fingerprint density at radius 2 is 2.28 bits per heavy atom. The molecule has 1 rings (SSSR count). The maximum atomic E-state index is 10.9. The summed E-state index contributed by atoms with van der Waals surface area (Å²) in [6.45, 7) is 1.53. The highest BCUT2D eigenvalue weighted by atomic mass is 32.2. The van der Waals surface area contributed by atoms with Gasteiger partial charge in [0.05, 0.1) is 12.7 Å². The van der Waals surface area contributed by atoms with Crippen LogP contribution in [0, 0.1) is 11.3 Å². The lowest BCUT2D eigenvalue weighted by atomic mass is 10.1. The highest BCUT2D eigenvalue weighted by molar-refractivity contribution is 7.84. The lowest BCUT2D eigenvalue weighted by molar-refractivity contribution is 0.413. The highest BCUT2D eigenvalue weighted by Crippen LogP contribution is 2.18. The SMILES string of the molecule is COc1ccc(CNCCCS(C)=O)cc1C#N. The van der Waals surface area contributed by atoms with Crippen LogP contribution in [0.5, 0.6) is 5.75 Å². The number of benzene rings is 1. The normalized spacial score (nSPS) is 11.8. The van der Waals surface area contributed by atoms with Crippen molar-refractivity contribution < 1.29 is 8.95 Å². The molecule has 1 aromatic rings. The van der Waals surface area contributed by atoms with Crippen LogP contribution in [0.4, 0.5) is 0 Å². The average molecular weight is 266 g/mol. The molecule has 0 aliphatic heterocycles. The van der Waals surface area contributed by atoms with Crippen molar-refractivity contribution in [1.82, 2.24) is 5.32 Å². The van der Waals surface area contributed by atoms with E-state index in [1.165, 1.54) is 0 Å². The minimum atomic E-state index is -0.723. The Labute approximate surface area is 110 Å². The van der Waals surface area contributed by atoms with Crippen LogP contribution in [0.1, 0.15) is 17.5 Å². The molecule has 1 N–H and O–H groups in total. The molecule has 0 fully saturated rings. The molecular weight excluding hydrogens is 248 g/mol. The molecule has 0 aromatic heterocycles. The molecule has 5 heteroatoms. The Balaban J connectivity index is 2.44. The average Bonchev–Trinajstić information content (AvgIpc) is 2.37. The van der Waals surface area contributed by atoms with Gasteiger partial charge in [-0.1, -0.05) is 6.07 Å². The van der Waals surface area contributed by atoms with Crippen molar-refractivity contribution in [2.24, 2.45) is 0 Å². The molecule has 0 amide bonds. The maximum Gasteiger partial charge on any atom is 0.136 e. The van der Waals surface area contributed by atoms with E-state index in [1.54, 1.807) is 19.4 Å². The van der Waals surface area contributed by atoms with Gasteiger partial charge < -0.3 is 10.1 Å². The lowest BCUT2D eigenvalue weighted by Crippen LogP contribution is -2.16. The first-order valence-electron chi connectivity index (χ1n) is 5.75. The molecule has 0 heterocycles. The lowest BCUT2D eigenvalue weighted by Gasteiger charge is -2.07. The van der Waals surface area contributed by atoms with Crippen LogP contribution in [0.15, 0.2) is 18.2 Å². The van der Waals surface area contributed by atoms with Gasteiger partial charge in [0.15, 0.2) is 0 Å². The van der Waals surface area contributed by atoms with Gasteiger partial charge in [0, 0.05) is 29.4 Å². The van der Waals surface area contributed by atoms with Crippen LogP contribution in [0.3, 0.4) is 0 Å². The highest BCUT2D eigenvalue weighted by Gasteiger charge is 2.03. The van der Waals surface area contributed by atoms with Crippen molar-refractivity contribution in [3.63, 3.8) is 0 Å². The Morgan fingerprint density at radius 3 is 2.89 bits per heavy atom. The summed E-state index contributed by atoms with van der Waals surface area (Å²) in [5, 5.41) is 12.2. The molecule has 0 saturated carbocycles. The first-order valence-corrected chi connectivity index (χ1v) is 7.48. The van der Waals surface area contributed by atoms with Crippen LogP contribution >= 0.6 is 0 Å². The van der Waals surface area contributed by atoms with Gasteiger partial charge in [0.1, 0.15) is 11.8 Å². The second kappa shape index (κ2) is 7.85. The summed E-state index contributed by atoms with van der Waals surface area (Å²) >= 11 is 0. The standard InChI is InChI=1S/C13H18N2O2S/c1-17-13-5-4-11(8-12(13)9-14)10-15-6-3-7-18(2)16/h4-5,8,15H,3,6-7,10H2,1-2H3. The largest absolute Gasteiger partial charge is 0.495 e. The number of hydrogen-bond acceptors (Lipinski definition) is 4. The maximum absolute atomic E-state index is 10.9. The molecule has 0 bridgehead atoms.